The van der Waals surface area contributed by atoms with Crippen LogP contribution in [-0.2, 0) is 6.42 Å². The summed E-state index contributed by atoms with van der Waals surface area (Å²) in [6.45, 7) is 15.1. The van der Waals surface area contributed by atoms with Crippen LogP contribution in [0.5, 0.6) is 0 Å². The fourth-order valence-electron chi connectivity index (χ4n) is 3.71. The first-order chi connectivity index (χ1) is 12.2. The van der Waals surface area contributed by atoms with Crippen molar-refractivity contribution in [3.63, 3.8) is 0 Å². The summed E-state index contributed by atoms with van der Waals surface area (Å²) in [7, 11) is 0. The van der Waals surface area contributed by atoms with Gasteiger partial charge in [-0.25, -0.2) is 0 Å². The molecule has 2 rings (SSSR count). The fraction of sp³-hybridized carbons (Fsp3) is 0.391. The highest BCUT2D eigenvalue weighted by Gasteiger charge is 2.31. The first-order valence-corrected chi connectivity index (χ1v) is 9.92. The van der Waals surface area contributed by atoms with E-state index < -0.39 is 0 Å². The van der Waals surface area contributed by atoms with Crippen LogP contribution in [0.3, 0.4) is 0 Å². The van der Waals surface area contributed by atoms with Crippen molar-refractivity contribution in [2.75, 3.05) is 5.73 Å². The molecule has 0 heterocycles. The van der Waals surface area contributed by atoms with Gasteiger partial charge in [0.25, 0.3) is 0 Å². The second kappa shape index (κ2) is 8.50. The van der Waals surface area contributed by atoms with Gasteiger partial charge >= 0.3 is 0 Å². The highest BCUT2D eigenvalue weighted by molar-refractivity contribution is 6.35. The van der Waals surface area contributed by atoms with Crippen LogP contribution in [0.1, 0.15) is 55.9 Å². The Hall–Kier alpha value is -1.44. The van der Waals surface area contributed by atoms with Crippen molar-refractivity contribution in [3.05, 3.63) is 74.8 Å². The quantitative estimate of drug-likeness (QED) is 0.403. The van der Waals surface area contributed by atoms with Crippen LogP contribution in [0.4, 0.5) is 5.69 Å². The summed E-state index contributed by atoms with van der Waals surface area (Å²) in [5.74, 6) is 0.791. The Morgan fingerprint density at radius 1 is 1.15 bits per heavy atom. The van der Waals surface area contributed by atoms with Crippen LogP contribution in [0.25, 0.3) is 0 Å². The number of aryl methyl sites for hydroxylation is 2. The largest absolute Gasteiger partial charge is 0.399 e. The fourth-order valence-corrected chi connectivity index (χ4v) is 4.37. The van der Waals surface area contributed by atoms with Crippen molar-refractivity contribution in [3.8, 4) is 0 Å². The van der Waals surface area contributed by atoms with Gasteiger partial charge in [-0.05, 0) is 78.6 Å². The molecule has 0 saturated heterocycles. The van der Waals surface area contributed by atoms with E-state index >= 15 is 0 Å². The van der Waals surface area contributed by atoms with Crippen molar-refractivity contribution in [1.82, 2.24) is 0 Å². The Kier molecular flexibility index (Phi) is 6.82. The van der Waals surface area contributed by atoms with Crippen molar-refractivity contribution in [2.45, 2.75) is 47.0 Å². The molecule has 0 aliphatic heterocycles. The molecule has 26 heavy (non-hydrogen) atoms. The maximum absolute atomic E-state index is 6.74. The lowest BCUT2D eigenvalue weighted by Gasteiger charge is -2.33. The lowest BCUT2D eigenvalue weighted by molar-refractivity contribution is 0.394. The Balaban J connectivity index is 2.77. The molecule has 2 N–H and O–H groups in total. The molecule has 3 heteroatoms. The summed E-state index contributed by atoms with van der Waals surface area (Å²) in [5.41, 5.74) is 12.9. The van der Waals surface area contributed by atoms with Gasteiger partial charge in [0.15, 0.2) is 0 Å². The van der Waals surface area contributed by atoms with E-state index in [1.807, 2.05) is 18.2 Å². The van der Waals surface area contributed by atoms with E-state index in [0.29, 0.717) is 16.9 Å². The summed E-state index contributed by atoms with van der Waals surface area (Å²) >= 11 is 13.0. The van der Waals surface area contributed by atoms with E-state index in [0.717, 1.165) is 22.7 Å². The Bertz CT molecular complexity index is 810. The summed E-state index contributed by atoms with van der Waals surface area (Å²) in [5, 5.41) is 1.40. The molecule has 0 saturated carbocycles. The average molecular weight is 390 g/mol. The summed E-state index contributed by atoms with van der Waals surface area (Å²) in [6.07, 6.45) is 0.877. The minimum absolute atomic E-state index is 0.130. The van der Waals surface area contributed by atoms with E-state index in [4.69, 9.17) is 28.9 Å². The number of nitrogen functional groups attached to an aromatic ring is 1. The molecule has 0 amide bonds. The Morgan fingerprint density at radius 3 is 2.38 bits per heavy atom. The van der Waals surface area contributed by atoms with E-state index in [2.05, 4.69) is 53.3 Å². The molecule has 0 aliphatic rings. The lowest BCUT2D eigenvalue weighted by Crippen LogP contribution is -2.22. The molecule has 2 aromatic carbocycles. The van der Waals surface area contributed by atoms with Crippen LogP contribution in [0.15, 0.2) is 42.5 Å². The van der Waals surface area contributed by atoms with Crippen molar-refractivity contribution in [1.29, 1.82) is 0 Å². The van der Waals surface area contributed by atoms with E-state index in [9.17, 15) is 0 Å². The van der Waals surface area contributed by atoms with Gasteiger partial charge in [0.05, 0.1) is 0 Å². The number of halogens is 2. The molecule has 0 spiro atoms. The summed E-state index contributed by atoms with van der Waals surface area (Å²) in [6, 6.07) is 10.0. The average Bonchev–Trinajstić information content (AvgIpc) is 2.58. The van der Waals surface area contributed by atoms with Crippen molar-refractivity contribution in [2.24, 2.45) is 11.8 Å². The molecule has 0 bridgehead atoms. The van der Waals surface area contributed by atoms with E-state index in [1.54, 1.807) is 0 Å². The Labute approximate surface area is 168 Å². The van der Waals surface area contributed by atoms with Crippen molar-refractivity contribution < 1.29 is 0 Å². The van der Waals surface area contributed by atoms with Crippen LogP contribution in [-0.4, -0.2) is 0 Å². The lowest BCUT2D eigenvalue weighted by atomic mass is 9.71. The predicted octanol–water partition coefficient (Wildman–Crippen LogP) is 7.43. The number of hydrogen-bond donors (Lipinski definition) is 1. The van der Waals surface area contributed by atoms with Gasteiger partial charge in [0.2, 0.25) is 0 Å². The molecule has 140 valence electrons. The topological polar surface area (TPSA) is 26.0 Å². The third-order valence-electron chi connectivity index (χ3n) is 5.60. The SMILES string of the molecule is C=C(C)C(C)C(C)C(c1cc(N)ccc1C)c1c(Cl)cc(Cl)cc1CC. The molecule has 0 aliphatic carbocycles. The Morgan fingerprint density at radius 2 is 1.81 bits per heavy atom. The molecule has 2 aromatic rings. The normalized spacial score (nSPS) is 14.7. The number of nitrogens with two attached hydrogens (primary N) is 1. The maximum atomic E-state index is 6.74. The zero-order valence-electron chi connectivity index (χ0n) is 16.4. The third-order valence-corrected chi connectivity index (χ3v) is 6.13. The zero-order valence-corrected chi connectivity index (χ0v) is 17.9. The van der Waals surface area contributed by atoms with E-state index in [-0.39, 0.29) is 5.92 Å². The molecular formula is C23H29Cl2N. The first kappa shape index (κ1) is 20.9. The second-order valence-electron chi connectivity index (χ2n) is 7.40. The molecule has 0 fully saturated rings. The number of anilines is 1. The number of hydrogen-bond acceptors (Lipinski definition) is 1. The summed E-state index contributed by atoms with van der Waals surface area (Å²) in [4.78, 5) is 0. The van der Waals surface area contributed by atoms with Gasteiger partial charge in [0, 0.05) is 21.7 Å². The first-order valence-electron chi connectivity index (χ1n) is 9.16. The molecule has 0 aromatic heterocycles. The number of allylic oxidation sites excluding steroid dienone is 1. The van der Waals surface area contributed by atoms with Gasteiger partial charge < -0.3 is 5.73 Å². The van der Waals surface area contributed by atoms with Crippen LogP contribution in [0.2, 0.25) is 10.0 Å². The summed E-state index contributed by atoms with van der Waals surface area (Å²) < 4.78 is 0. The number of rotatable bonds is 6. The van der Waals surface area contributed by atoms with Gasteiger partial charge in [-0.3, -0.25) is 0 Å². The molecule has 3 atom stereocenters. The second-order valence-corrected chi connectivity index (χ2v) is 8.25. The standard InChI is InChI=1S/C23H29Cl2N/c1-7-17-10-18(24)11-21(25)23(17)22(16(6)15(5)13(2)3)20-12-19(26)9-8-14(20)4/h8-12,15-16,22H,2,7,26H2,1,3-6H3. The van der Waals surface area contributed by atoms with Gasteiger partial charge in [-0.2, -0.15) is 0 Å². The predicted molar refractivity (Wildman–Crippen MR) is 116 cm³/mol. The van der Waals surface area contributed by atoms with Crippen LogP contribution < -0.4 is 5.73 Å². The van der Waals surface area contributed by atoms with Crippen LogP contribution in [0, 0.1) is 18.8 Å². The number of benzene rings is 2. The smallest absolute Gasteiger partial charge is 0.0461 e. The molecule has 1 nitrogen and oxygen atoms in total. The van der Waals surface area contributed by atoms with Gasteiger partial charge in [-0.15, -0.1) is 0 Å². The third kappa shape index (κ3) is 4.27. The van der Waals surface area contributed by atoms with Crippen molar-refractivity contribution >= 4 is 28.9 Å². The van der Waals surface area contributed by atoms with Gasteiger partial charge in [-0.1, -0.05) is 62.2 Å². The highest BCUT2D eigenvalue weighted by Crippen LogP contribution is 2.44. The van der Waals surface area contributed by atoms with Crippen LogP contribution >= 0.6 is 23.2 Å². The molecule has 3 unspecified atom stereocenters. The van der Waals surface area contributed by atoms with E-state index in [1.165, 1.54) is 22.3 Å². The zero-order chi connectivity index (χ0) is 19.6. The maximum Gasteiger partial charge on any atom is 0.0461 e. The minimum Gasteiger partial charge on any atom is -0.399 e. The van der Waals surface area contributed by atoms with Gasteiger partial charge in [0.1, 0.15) is 0 Å². The monoisotopic (exact) mass is 389 g/mol. The molecule has 0 radical (unpaired) electrons. The molecular weight excluding hydrogens is 361 g/mol. The highest BCUT2D eigenvalue weighted by atomic mass is 35.5. The minimum atomic E-state index is 0.130.